The Hall–Kier alpha value is -0.120. The third-order valence-electron chi connectivity index (χ3n) is 3.85. The number of piperidine rings is 1. The maximum Gasteiger partial charge on any atom is 0.0434 e. The summed E-state index contributed by atoms with van der Waals surface area (Å²) in [6.45, 7) is 8.45. The highest BCUT2D eigenvalue weighted by molar-refractivity contribution is 4.88. The Kier molecular flexibility index (Phi) is 5.22. The van der Waals surface area contributed by atoms with Crippen molar-refractivity contribution >= 4 is 0 Å². The van der Waals surface area contributed by atoms with Gasteiger partial charge in [0.05, 0.1) is 0 Å². The van der Waals surface area contributed by atoms with Gasteiger partial charge in [0, 0.05) is 31.8 Å². The molecule has 96 valence electrons. The van der Waals surface area contributed by atoms with Crippen molar-refractivity contribution < 1.29 is 5.11 Å². The lowest BCUT2D eigenvalue weighted by Gasteiger charge is -2.46. The Morgan fingerprint density at radius 2 is 2.06 bits per heavy atom. The van der Waals surface area contributed by atoms with Crippen LogP contribution in [0, 0.1) is 5.92 Å². The number of likely N-dealkylation sites (tertiary alicyclic amines) is 1. The van der Waals surface area contributed by atoms with Gasteiger partial charge in [0.2, 0.25) is 0 Å². The molecule has 0 aromatic rings. The molecule has 1 unspecified atom stereocenters. The van der Waals surface area contributed by atoms with Crippen molar-refractivity contribution in [3.8, 4) is 0 Å². The number of hydrogen-bond acceptors (Lipinski definition) is 3. The summed E-state index contributed by atoms with van der Waals surface area (Å²) < 4.78 is 0. The van der Waals surface area contributed by atoms with Crippen LogP contribution < -0.4 is 0 Å². The molecular formula is C13H28N2O. The quantitative estimate of drug-likeness (QED) is 0.771. The molecule has 1 N–H and O–H groups in total. The Bertz CT molecular complexity index is 204. The minimum atomic E-state index is 0.335. The Morgan fingerprint density at radius 3 is 2.62 bits per heavy atom. The van der Waals surface area contributed by atoms with Gasteiger partial charge in [0.25, 0.3) is 0 Å². The zero-order valence-corrected chi connectivity index (χ0v) is 11.4. The van der Waals surface area contributed by atoms with Crippen molar-refractivity contribution in [2.45, 2.75) is 38.6 Å². The second-order valence-electron chi connectivity index (χ2n) is 5.98. The van der Waals surface area contributed by atoms with E-state index in [1.807, 2.05) is 0 Å². The Labute approximate surface area is 100 Å². The van der Waals surface area contributed by atoms with E-state index in [4.69, 9.17) is 5.11 Å². The summed E-state index contributed by atoms with van der Waals surface area (Å²) in [5.41, 5.74) is 0.335. The number of rotatable bonds is 5. The second-order valence-corrected chi connectivity index (χ2v) is 5.98. The fourth-order valence-electron chi connectivity index (χ4n) is 2.50. The summed E-state index contributed by atoms with van der Waals surface area (Å²) in [7, 11) is 4.25. The van der Waals surface area contributed by atoms with Crippen LogP contribution in [0.4, 0.5) is 0 Å². The maximum absolute atomic E-state index is 9.03. The van der Waals surface area contributed by atoms with Crippen molar-refractivity contribution in [2.75, 3.05) is 40.3 Å². The first kappa shape index (κ1) is 13.9. The van der Waals surface area contributed by atoms with Crippen LogP contribution in [0.5, 0.6) is 0 Å². The lowest BCUT2D eigenvalue weighted by atomic mass is 9.83. The van der Waals surface area contributed by atoms with E-state index in [-0.39, 0.29) is 0 Å². The highest BCUT2D eigenvalue weighted by Gasteiger charge is 2.33. The molecule has 0 aromatic carbocycles. The van der Waals surface area contributed by atoms with Crippen LogP contribution in [-0.4, -0.2) is 60.8 Å². The molecule has 1 aliphatic heterocycles. The molecule has 0 aromatic heterocycles. The smallest absolute Gasteiger partial charge is 0.0434 e. The summed E-state index contributed by atoms with van der Waals surface area (Å²) >= 11 is 0. The summed E-state index contributed by atoms with van der Waals surface area (Å²) in [5, 5.41) is 9.03. The lowest BCUT2D eigenvalue weighted by Crippen LogP contribution is -2.52. The van der Waals surface area contributed by atoms with E-state index in [2.05, 4.69) is 37.7 Å². The molecule has 3 nitrogen and oxygen atoms in total. The third kappa shape index (κ3) is 4.04. The number of hydrogen-bond donors (Lipinski definition) is 1. The lowest BCUT2D eigenvalue weighted by molar-refractivity contribution is 0.0329. The molecular weight excluding hydrogens is 200 g/mol. The average Bonchev–Trinajstić information content (AvgIpc) is 2.19. The first-order valence-corrected chi connectivity index (χ1v) is 6.46. The van der Waals surface area contributed by atoms with Gasteiger partial charge >= 0.3 is 0 Å². The monoisotopic (exact) mass is 228 g/mol. The molecule has 0 aliphatic carbocycles. The van der Waals surface area contributed by atoms with E-state index < -0.39 is 0 Å². The van der Waals surface area contributed by atoms with Crippen molar-refractivity contribution in [2.24, 2.45) is 5.92 Å². The van der Waals surface area contributed by atoms with Gasteiger partial charge in [-0.25, -0.2) is 0 Å². The van der Waals surface area contributed by atoms with E-state index >= 15 is 0 Å². The largest absolute Gasteiger partial charge is 0.396 e. The molecule has 1 atom stereocenters. The predicted molar refractivity (Wildman–Crippen MR) is 68.6 cm³/mol. The van der Waals surface area contributed by atoms with Gasteiger partial charge in [0.1, 0.15) is 0 Å². The topological polar surface area (TPSA) is 26.7 Å². The van der Waals surface area contributed by atoms with Gasteiger partial charge in [-0.3, -0.25) is 4.90 Å². The van der Waals surface area contributed by atoms with E-state index in [0.29, 0.717) is 18.1 Å². The SMILES string of the molecule is CN(C)CCN1CC(CCO)CCC1(C)C. The Balaban J connectivity index is 2.47. The van der Waals surface area contributed by atoms with Gasteiger partial charge in [0.15, 0.2) is 0 Å². The molecule has 1 saturated heterocycles. The third-order valence-corrected chi connectivity index (χ3v) is 3.85. The zero-order valence-electron chi connectivity index (χ0n) is 11.4. The first-order chi connectivity index (χ1) is 7.45. The van der Waals surface area contributed by atoms with E-state index in [1.54, 1.807) is 0 Å². The minimum absolute atomic E-state index is 0.335. The highest BCUT2D eigenvalue weighted by atomic mass is 16.3. The van der Waals surface area contributed by atoms with Crippen LogP contribution in [0.1, 0.15) is 33.1 Å². The van der Waals surface area contributed by atoms with Gasteiger partial charge < -0.3 is 10.0 Å². The van der Waals surface area contributed by atoms with E-state index in [1.165, 1.54) is 12.8 Å². The molecule has 3 heteroatoms. The van der Waals surface area contributed by atoms with Crippen LogP contribution in [0.3, 0.4) is 0 Å². The van der Waals surface area contributed by atoms with Crippen LogP contribution in [0.25, 0.3) is 0 Å². The molecule has 1 fully saturated rings. The summed E-state index contributed by atoms with van der Waals surface area (Å²) in [6, 6.07) is 0. The molecule has 1 heterocycles. The molecule has 16 heavy (non-hydrogen) atoms. The second kappa shape index (κ2) is 5.99. The van der Waals surface area contributed by atoms with Crippen LogP contribution >= 0.6 is 0 Å². The van der Waals surface area contributed by atoms with Crippen LogP contribution in [0.2, 0.25) is 0 Å². The standard InChI is InChI=1S/C13H28N2O/c1-13(2)7-5-12(6-10-16)11-15(13)9-8-14(3)4/h12,16H,5-11H2,1-4H3. The van der Waals surface area contributed by atoms with E-state index in [9.17, 15) is 0 Å². The van der Waals surface area contributed by atoms with Crippen LogP contribution in [-0.2, 0) is 0 Å². The molecule has 0 radical (unpaired) electrons. The molecule has 0 saturated carbocycles. The number of aliphatic hydroxyl groups is 1. The van der Waals surface area contributed by atoms with Gasteiger partial charge in [-0.05, 0) is 53.1 Å². The Morgan fingerprint density at radius 1 is 1.38 bits per heavy atom. The highest BCUT2D eigenvalue weighted by Crippen LogP contribution is 2.31. The normalized spacial score (nSPS) is 26.2. The van der Waals surface area contributed by atoms with Crippen molar-refractivity contribution in [1.29, 1.82) is 0 Å². The first-order valence-electron chi connectivity index (χ1n) is 6.46. The summed E-state index contributed by atoms with van der Waals surface area (Å²) in [4.78, 5) is 4.84. The summed E-state index contributed by atoms with van der Waals surface area (Å²) in [5.74, 6) is 0.695. The molecule has 0 bridgehead atoms. The summed E-state index contributed by atoms with van der Waals surface area (Å²) in [6.07, 6.45) is 3.49. The van der Waals surface area contributed by atoms with Crippen molar-refractivity contribution in [1.82, 2.24) is 9.80 Å². The number of aliphatic hydroxyl groups excluding tert-OH is 1. The maximum atomic E-state index is 9.03. The molecule has 0 spiro atoms. The van der Waals surface area contributed by atoms with Gasteiger partial charge in [-0.2, -0.15) is 0 Å². The fourth-order valence-corrected chi connectivity index (χ4v) is 2.50. The predicted octanol–water partition coefficient (Wildman–Crippen LogP) is 1.42. The zero-order chi connectivity index (χ0) is 12.2. The average molecular weight is 228 g/mol. The van der Waals surface area contributed by atoms with Gasteiger partial charge in [-0.1, -0.05) is 0 Å². The van der Waals surface area contributed by atoms with Crippen LogP contribution in [0.15, 0.2) is 0 Å². The fraction of sp³-hybridized carbons (Fsp3) is 1.00. The van der Waals surface area contributed by atoms with E-state index in [0.717, 1.165) is 26.1 Å². The molecule has 0 amide bonds. The van der Waals surface area contributed by atoms with Crippen molar-refractivity contribution in [3.63, 3.8) is 0 Å². The number of likely N-dealkylation sites (N-methyl/N-ethyl adjacent to an activating group) is 1. The van der Waals surface area contributed by atoms with Gasteiger partial charge in [-0.15, -0.1) is 0 Å². The minimum Gasteiger partial charge on any atom is -0.396 e. The van der Waals surface area contributed by atoms with Crippen molar-refractivity contribution in [3.05, 3.63) is 0 Å². The molecule has 1 aliphatic rings. The molecule has 1 rings (SSSR count). The number of nitrogens with zero attached hydrogens (tertiary/aromatic N) is 2.